The Morgan fingerprint density at radius 3 is 2.56 bits per heavy atom. The molecule has 3 nitrogen and oxygen atoms in total. The van der Waals surface area contributed by atoms with Crippen molar-refractivity contribution in [3.8, 4) is 0 Å². The van der Waals surface area contributed by atoms with Gasteiger partial charge in [0.15, 0.2) is 0 Å². The maximum Gasteiger partial charge on any atom is 0.330 e. The number of hydrogen-bond acceptors (Lipinski definition) is 3. The molecule has 0 spiro atoms. The van der Waals surface area contributed by atoms with Crippen LogP contribution in [0.2, 0.25) is 0 Å². The molecule has 1 aliphatic carbocycles. The Kier molecular flexibility index (Phi) is 2.42. The zero-order valence-electron chi connectivity index (χ0n) is 10.5. The van der Waals surface area contributed by atoms with Gasteiger partial charge >= 0.3 is 5.97 Å². The van der Waals surface area contributed by atoms with Crippen LogP contribution in [0.4, 0.5) is 0 Å². The van der Waals surface area contributed by atoms with Gasteiger partial charge in [0.25, 0.3) is 0 Å². The zero-order chi connectivity index (χ0) is 12.0. The molecule has 0 aromatic rings. The Labute approximate surface area is 96.8 Å². The summed E-state index contributed by atoms with van der Waals surface area (Å²) in [4.78, 5) is 11.2. The predicted molar refractivity (Wildman–Crippen MR) is 61.0 cm³/mol. The first-order valence-corrected chi connectivity index (χ1v) is 5.84. The van der Waals surface area contributed by atoms with E-state index in [2.05, 4.69) is 25.5 Å². The van der Waals surface area contributed by atoms with Crippen molar-refractivity contribution in [1.29, 1.82) is 0 Å². The van der Waals surface area contributed by atoms with Crippen molar-refractivity contribution in [2.24, 2.45) is 5.41 Å². The van der Waals surface area contributed by atoms with Crippen molar-refractivity contribution in [3.63, 3.8) is 0 Å². The summed E-state index contributed by atoms with van der Waals surface area (Å²) in [6.07, 6.45) is 6.80. The van der Waals surface area contributed by atoms with Crippen LogP contribution in [0.5, 0.6) is 0 Å². The number of methoxy groups -OCH3 is 1. The van der Waals surface area contributed by atoms with Crippen LogP contribution in [-0.4, -0.2) is 24.3 Å². The lowest BCUT2D eigenvalue weighted by Crippen LogP contribution is -2.41. The second kappa shape index (κ2) is 3.33. The van der Waals surface area contributed by atoms with Crippen LogP contribution < -0.4 is 0 Å². The molecule has 2 fully saturated rings. The molecule has 1 heterocycles. The van der Waals surface area contributed by atoms with E-state index in [4.69, 9.17) is 4.74 Å². The fraction of sp³-hybridized carbons (Fsp3) is 0.769. The molecule has 0 bridgehead atoms. The molecule has 90 valence electrons. The molecular weight excluding hydrogens is 204 g/mol. The van der Waals surface area contributed by atoms with Crippen molar-refractivity contribution in [2.75, 3.05) is 7.11 Å². The Morgan fingerprint density at radius 1 is 1.31 bits per heavy atom. The molecular formula is C13H20O3. The van der Waals surface area contributed by atoms with Crippen LogP contribution in [-0.2, 0) is 14.3 Å². The highest BCUT2D eigenvalue weighted by molar-refractivity contribution is 5.82. The Hall–Kier alpha value is -0.830. The molecule has 1 aliphatic heterocycles. The minimum absolute atomic E-state index is 0.0841. The summed E-state index contributed by atoms with van der Waals surface area (Å²) in [6.45, 7) is 6.55. The van der Waals surface area contributed by atoms with E-state index in [-0.39, 0.29) is 22.6 Å². The van der Waals surface area contributed by atoms with Gasteiger partial charge < -0.3 is 9.47 Å². The number of hydrogen-bond donors (Lipinski definition) is 0. The average molecular weight is 224 g/mol. The highest BCUT2D eigenvalue weighted by Gasteiger charge is 2.73. The molecule has 0 radical (unpaired) electrons. The molecule has 3 heteroatoms. The van der Waals surface area contributed by atoms with Crippen molar-refractivity contribution in [1.82, 2.24) is 0 Å². The van der Waals surface area contributed by atoms with Gasteiger partial charge in [-0.05, 0) is 32.3 Å². The normalized spacial score (nSPS) is 40.5. The number of fused-ring (bicyclic) bond motifs is 1. The van der Waals surface area contributed by atoms with Crippen molar-refractivity contribution in [2.45, 2.75) is 51.2 Å². The van der Waals surface area contributed by atoms with Gasteiger partial charge in [-0.1, -0.05) is 13.8 Å². The SMILES string of the molecule is COC(=O)/C=C\C12OC1(C)CCCC2(C)C. The lowest BCUT2D eigenvalue weighted by atomic mass is 9.64. The minimum atomic E-state index is -0.311. The van der Waals surface area contributed by atoms with E-state index in [1.165, 1.54) is 19.6 Å². The van der Waals surface area contributed by atoms with Gasteiger partial charge in [0, 0.05) is 11.5 Å². The lowest BCUT2D eigenvalue weighted by Gasteiger charge is -2.36. The third kappa shape index (κ3) is 1.41. The van der Waals surface area contributed by atoms with E-state index < -0.39 is 0 Å². The highest BCUT2D eigenvalue weighted by Crippen LogP contribution is 2.65. The van der Waals surface area contributed by atoms with Crippen LogP contribution in [0, 0.1) is 5.41 Å². The van der Waals surface area contributed by atoms with Gasteiger partial charge in [0.2, 0.25) is 0 Å². The molecule has 2 aliphatic rings. The molecule has 0 N–H and O–H groups in total. The second-order valence-electron chi connectivity index (χ2n) is 5.66. The Bertz CT molecular complexity index is 345. The number of carbonyl (C=O) groups is 1. The maximum atomic E-state index is 11.2. The monoisotopic (exact) mass is 224 g/mol. The highest BCUT2D eigenvalue weighted by atomic mass is 16.6. The summed E-state index contributed by atoms with van der Waals surface area (Å²) in [6, 6.07) is 0. The third-order valence-corrected chi connectivity index (χ3v) is 4.25. The van der Waals surface area contributed by atoms with E-state index in [9.17, 15) is 4.79 Å². The van der Waals surface area contributed by atoms with E-state index >= 15 is 0 Å². The third-order valence-electron chi connectivity index (χ3n) is 4.25. The van der Waals surface area contributed by atoms with Crippen molar-refractivity contribution >= 4 is 5.97 Å². The van der Waals surface area contributed by atoms with Crippen LogP contribution >= 0.6 is 0 Å². The summed E-state index contributed by atoms with van der Waals surface area (Å²) < 4.78 is 10.6. The van der Waals surface area contributed by atoms with E-state index in [0.717, 1.165) is 12.8 Å². The number of esters is 1. The molecule has 16 heavy (non-hydrogen) atoms. The van der Waals surface area contributed by atoms with Gasteiger partial charge in [-0.2, -0.15) is 0 Å². The molecule has 2 rings (SSSR count). The zero-order valence-corrected chi connectivity index (χ0v) is 10.5. The average Bonchev–Trinajstić information content (AvgIpc) is 2.83. The van der Waals surface area contributed by atoms with E-state index in [1.807, 2.05) is 6.08 Å². The van der Waals surface area contributed by atoms with Gasteiger partial charge in [-0.3, -0.25) is 0 Å². The summed E-state index contributed by atoms with van der Waals surface area (Å²) in [5.74, 6) is -0.311. The van der Waals surface area contributed by atoms with Gasteiger partial charge in [0.1, 0.15) is 5.60 Å². The van der Waals surface area contributed by atoms with Gasteiger partial charge in [-0.15, -0.1) is 0 Å². The first-order chi connectivity index (χ1) is 7.37. The molecule has 0 aromatic carbocycles. The topological polar surface area (TPSA) is 38.8 Å². The minimum Gasteiger partial charge on any atom is -0.466 e. The number of rotatable bonds is 2. The van der Waals surface area contributed by atoms with Crippen LogP contribution in [0.25, 0.3) is 0 Å². The van der Waals surface area contributed by atoms with Crippen molar-refractivity contribution in [3.05, 3.63) is 12.2 Å². The molecule has 0 aromatic heterocycles. The molecule has 0 amide bonds. The molecule has 1 saturated heterocycles. The lowest BCUT2D eigenvalue weighted by molar-refractivity contribution is -0.134. The van der Waals surface area contributed by atoms with E-state index in [0.29, 0.717) is 0 Å². The number of carbonyl (C=O) groups excluding carboxylic acids is 1. The smallest absolute Gasteiger partial charge is 0.330 e. The largest absolute Gasteiger partial charge is 0.466 e. The fourth-order valence-corrected chi connectivity index (χ4v) is 3.16. The predicted octanol–water partition coefficient (Wildman–Crippen LogP) is 2.45. The molecule has 2 unspecified atom stereocenters. The molecule has 2 atom stereocenters. The first-order valence-electron chi connectivity index (χ1n) is 5.84. The summed E-state index contributed by atoms with van der Waals surface area (Å²) in [5, 5.41) is 0. The Morgan fingerprint density at radius 2 is 2.00 bits per heavy atom. The quantitative estimate of drug-likeness (QED) is 0.411. The van der Waals surface area contributed by atoms with Gasteiger partial charge in [-0.25, -0.2) is 4.79 Å². The summed E-state index contributed by atoms with van der Waals surface area (Å²) in [7, 11) is 1.39. The van der Waals surface area contributed by atoms with Crippen LogP contribution in [0.3, 0.4) is 0 Å². The van der Waals surface area contributed by atoms with Gasteiger partial charge in [0.05, 0.1) is 12.7 Å². The van der Waals surface area contributed by atoms with E-state index in [1.54, 1.807) is 0 Å². The fourth-order valence-electron chi connectivity index (χ4n) is 3.16. The number of ether oxygens (including phenoxy) is 2. The van der Waals surface area contributed by atoms with Crippen molar-refractivity contribution < 1.29 is 14.3 Å². The van der Waals surface area contributed by atoms with Crippen LogP contribution in [0.15, 0.2) is 12.2 Å². The number of epoxide rings is 1. The summed E-state index contributed by atoms with van der Waals surface area (Å²) in [5.41, 5.74) is -0.268. The second-order valence-corrected chi connectivity index (χ2v) is 5.66. The summed E-state index contributed by atoms with van der Waals surface area (Å²) >= 11 is 0. The molecule has 1 saturated carbocycles. The standard InChI is InChI=1S/C13H20O3/c1-11(2)7-5-8-12(3)13(11,16-12)9-6-10(14)15-4/h6,9H,5,7-8H2,1-4H3/b9-6-. The first kappa shape index (κ1) is 11.6. The van der Waals surface area contributed by atoms with Crippen LogP contribution in [0.1, 0.15) is 40.0 Å². The maximum absolute atomic E-state index is 11.2. The Balaban J connectivity index is 2.24.